The van der Waals surface area contributed by atoms with Gasteiger partial charge in [0.15, 0.2) is 0 Å². The van der Waals surface area contributed by atoms with E-state index in [1.165, 1.54) is 11.6 Å². The van der Waals surface area contributed by atoms with Crippen LogP contribution in [0.1, 0.15) is 25.0 Å². The predicted molar refractivity (Wildman–Crippen MR) is 54.0 cm³/mol. The van der Waals surface area contributed by atoms with Crippen LogP contribution in [0.5, 0.6) is 0 Å². The maximum atomic E-state index is 12.9. The van der Waals surface area contributed by atoms with Crippen LogP contribution in [0.15, 0.2) is 30.9 Å². The number of halogens is 1. The van der Waals surface area contributed by atoms with Crippen LogP contribution >= 0.6 is 0 Å². The fraction of sp³-hybridized carbons (Fsp3) is 0.250. The van der Waals surface area contributed by atoms with Gasteiger partial charge in [-0.15, -0.1) is 6.58 Å². The predicted octanol–water partition coefficient (Wildman–Crippen LogP) is 3.52. The number of hydrogen-bond acceptors (Lipinski definition) is 0. The van der Waals surface area contributed by atoms with Gasteiger partial charge in [-0.1, -0.05) is 26.0 Å². The van der Waals surface area contributed by atoms with Crippen LogP contribution in [0, 0.1) is 11.7 Å². The van der Waals surface area contributed by atoms with E-state index in [4.69, 9.17) is 0 Å². The van der Waals surface area contributed by atoms with Crippen molar-refractivity contribution in [2.75, 3.05) is 0 Å². The fourth-order valence-corrected chi connectivity index (χ4v) is 1.33. The summed E-state index contributed by atoms with van der Waals surface area (Å²) in [6.45, 7) is 7.69. The normalized spacial score (nSPS) is 10.5. The zero-order valence-electron chi connectivity index (χ0n) is 8.10. The Hall–Kier alpha value is -1.11. The molecule has 0 spiro atoms. The quantitative estimate of drug-likeness (QED) is 0.662. The third-order valence-electron chi connectivity index (χ3n) is 2.18. The summed E-state index contributed by atoms with van der Waals surface area (Å²) in [5.41, 5.74) is 2.14. The first-order valence-electron chi connectivity index (χ1n) is 4.43. The number of rotatable bonds is 3. The molecule has 0 N–H and O–H groups in total. The molecule has 1 heteroatoms. The molecular weight excluding hydrogens is 163 g/mol. The van der Waals surface area contributed by atoms with Crippen molar-refractivity contribution in [2.24, 2.45) is 0 Å². The Bertz CT molecular complexity index is 302. The lowest BCUT2D eigenvalue weighted by molar-refractivity contribution is 0.625. The highest BCUT2D eigenvalue weighted by atomic mass is 19.1. The van der Waals surface area contributed by atoms with Gasteiger partial charge in [0.2, 0.25) is 0 Å². The first-order chi connectivity index (χ1) is 6.19. The average molecular weight is 177 g/mol. The van der Waals surface area contributed by atoms with Crippen molar-refractivity contribution in [3.8, 4) is 0 Å². The summed E-state index contributed by atoms with van der Waals surface area (Å²) in [6, 6.07) is 4.90. The summed E-state index contributed by atoms with van der Waals surface area (Å²) in [5.74, 6) is 0.838. The van der Waals surface area contributed by atoms with E-state index in [1.807, 2.05) is 13.0 Å². The molecule has 0 aliphatic heterocycles. The molecule has 0 aliphatic carbocycles. The molecule has 0 bridgehead atoms. The number of hydrogen-bond donors (Lipinski definition) is 0. The van der Waals surface area contributed by atoms with Gasteiger partial charge in [-0.05, 0) is 29.7 Å². The first-order valence-corrected chi connectivity index (χ1v) is 4.43. The van der Waals surface area contributed by atoms with Gasteiger partial charge in [0.25, 0.3) is 0 Å². The van der Waals surface area contributed by atoms with Gasteiger partial charge in [-0.3, -0.25) is 0 Å². The smallest absolute Gasteiger partial charge is 0.123 e. The molecule has 0 atom stereocenters. The van der Waals surface area contributed by atoms with Crippen molar-refractivity contribution in [1.29, 1.82) is 0 Å². The molecule has 0 amide bonds. The van der Waals surface area contributed by atoms with Crippen molar-refractivity contribution in [3.05, 3.63) is 53.7 Å². The molecule has 69 valence electrons. The van der Waals surface area contributed by atoms with E-state index >= 15 is 0 Å². The Kier molecular flexibility index (Phi) is 3.24. The van der Waals surface area contributed by atoms with Crippen molar-refractivity contribution >= 4 is 0 Å². The summed E-state index contributed by atoms with van der Waals surface area (Å²) in [7, 11) is 0. The molecule has 1 aromatic rings. The molecule has 0 saturated heterocycles. The van der Waals surface area contributed by atoms with Gasteiger partial charge in [-0.25, -0.2) is 4.39 Å². The molecule has 1 rings (SSSR count). The van der Waals surface area contributed by atoms with Gasteiger partial charge < -0.3 is 0 Å². The van der Waals surface area contributed by atoms with E-state index in [0.717, 1.165) is 17.9 Å². The lowest BCUT2D eigenvalue weighted by atomic mass is 9.94. The van der Waals surface area contributed by atoms with E-state index in [2.05, 4.69) is 13.5 Å². The molecule has 0 fully saturated rings. The topological polar surface area (TPSA) is 0 Å². The third kappa shape index (κ3) is 2.18. The fourth-order valence-electron chi connectivity index (χ4n) is 1.33. The van der Waals surface area contributed by atoms with Crippen LogP contribution in [-0.2, 0) is 6.42 Å². The van der Waals surface area contributed by atoms with E-state index in [9.17, 15) is 4.39 Å². The van der Waals surface area contributed by atoms with E-state index in [1.54, 1.807) is 12.1 Å². The van der Waals surface area contributed by atoms with Crippen molar-refractivity contribution in [1.82, 2.24) is 0 Å². The van der Waals surface area contributed by atoms with Gasteiger partial charge in [0, 0.05) is 5.92 Å². The highest BCUT2D eigenvalue weighted by Gasteiger charge is 2.07. The Balaban J connectivity index is 3.14. The molecule has 1 radical (unpaired) electrons. The lowest BCUT2D eigenvalue weighted by Gasteiger charge is -2.11. The molecule has 0 aromatic heterocycles. The van der Waals surface area contributed by atoms with Crippen molar-refractivity contribution in [3.63, 3.8) is 0 Å². The standard InChI is InChI=1S/C12H14F/c1-4-9(3)12-8-11(13)7-6-10(12)5-2/h4,6-8H,1,5H2,2-3H3. The molecule has 0 saturated carbocycles. The van der Waals surface area contributed by atoms with Crippen molar-refractivity contribution in [2.45, 2.75) is 20.3 Å². The van der Waals surface area contributed by atoms with Crippen LogP contribution in [0.4, 0.5) is 4.39 Å². The lowest BCUT2D eigenvalue weighted by Crippen LogP contribution is -1.97. The largest absolute Gasteiger partial charge is 0.207 e. The average Bonchev–Trinajstić information content (AvgIpc) is 2.16. The summed E-state index contributed by atoms with van der Waals surface area (Å²) in [6.07, 6.45) is 2.68. The molecular formula is C12H14F. The van der Waals surface area contributed by atoms with Crippen LogP contribution in [0.25, 0.3) is 0 Å². The second kappa shape index (κ2) is 4.22. The Morgan fingerprint density at radius 1 is 1.54 bits per heavy atom. The SMILES string of the molecule is C=C[C](C)c1cc(F)ccc1CC. The van der Waals surface area contributed by atoms with Gasteiger partial charge in [-0.2, -0.15) is 0 Å². The minimum absolute atomic E-state index is 0.187. The Labute approximate surface area is 79.1 Å². The minimum atomic E-state index is -0.187. The second-order valence-corrected chi connectivity index (χ2v) is 3.04. The molecule has 0 nitrogen and oxygen atoms in total. The van der Waals surface area contributed by atoms with Crippen LogP contribution < -0.4 is 0 Å². The van der Waals surface area contributed by atoms with Gasteiger partial charge in [0.05, 0.1) is 0 Å². The monoisotopic (exact) mass is 177 g/mol. The van der Waals surface area contributed by atoms with E-state index < -0.39 is 0 Å². The number of aryl methyl sites for hydroxylation is 1. The maximum Gasteiger partial charge on any atom is 0.123 e. The summed E-state index contributed by atoms with van der Waals surface area (Å²) in [4.78, 5) is 0. The second-order valence-electron chi connectivity index (χ2n) is 3.04. The Morgan fingerprint density at radius 2 is 2.23 bits per heavy atom. The van der Waals surface area contributed by atoms with Gasteiger partial charge >= 0.3 is 0 Å². The molecule has 0 unspecified atom stereocenters. The molecule has 1 aromatic carbocycles. The number of benzene rings is 1. The van der Waals surface area contributed by atoms with Crippen LogP contribution in [-0.4, -0.2) is 0 Å². The minimum Gasteiger partial charge on any atom is -0.207 e. The van der Waals surface area contributed by atoms with Gasteiger partial charge in [0.1, 0.15) is 5.82 Å². The van der Waals surface area contributed by atoms with Crippen LogP contribution in [0.2, 0.25) is 0 Å². The third-order valence-corrected chi connectivity index (χ3v) is 2.18. The zero-order valence-corrected chi connectivity index (χ0v) is 8.10. The van der Waals surface area contributed by atoms with Crippen molar-refractivity contribution < 1.29 is 4.39 Å². The highest BCUT2D eigenvalue weighted by molar-refractivity contribution is 5.42. The summed E-state index contributed by atoms with van der Waals surface area (Å²) in [5, 5.41) is 0. The van der Waals surface area contributed by atoms with E-state index in [-0.39, 0.29) is 5.82 Å². The number of allylic oxidation sites excluding steroid dienone is 1. The highest BCUT2D eigenvalue weighted by Crippen LogP contribution is 2.21. The molecule has 13 heavy (non-hydrogen) atoms. The van der Waals surface area contributed by atoms with Crippen LogP contribution in [0.3, 0.4) is 0 Å². The summed E-state index contributed by atoms with van der Waals surface area (Å²) >= 11 is 0. The summed E-state index contributed by atoms with van der Waals surface area (Å²) < 4.78 is 12.9. The molecule has 0 aliphatic rings. The zero-order chi connectivity index (χ0) is 9.84. The molecule has 0 heterocycles. The van der Waals surface area contributed by atoms with E-state index in [0.29, 0.717) is 0 Å². The maximum absolute atomic E-state index is 12.9. The Morgan fingerprint density at radius 3 is 2.77 bits per heavy atom. The first kappa shape index (κ1) is 9.97.